The third-order valence-electron chi connectivity index (χ3n) is 10.4. The fourth-order valence-electron chi connectivity index (χ4n) is 7.83. The van der Waals surface area contributed by atoms with Crippen LogP contribution in [0.2, 0.25) is 0 Å². The molecule has 0 spiro atoms. The SMILES string of the molecule is c1ccc(-c2ccc(-c3ccc4c(c3)c3cc(-c5ccc(-c6ccccc6)cc5)ccc3n4-c3cc4ccccc4c4ccccc34)cc2)cc1. The van der Waals surface area contributed by atoms with E-state index in [1.807, 2.05) is 0 Å². The van der Waals surface area contributed by atoms with Crippen LogP contribution in [0.1, 0.15) is 0 Å². The van der Waals surface area contributed by atoms with E-state index < -0.39 is 0 Å². The smallest absolute Gasteiger partial charge is 0.0546 e. The molecule has 0 bridgehead atoms. The highest BCUT2D eigenvalue weighted by Crippen LogP contribution is 2.40. The number of hydrogen-bond acceptors (Lipinski definition) is 0. The van der Waals surface area contributed by atoms with Crippen LogP contribution in [0.25, 0.3) is 93.5 Å². The summed E-state index contributed by atoms with van der Waals surface area (Å²) in [4.78, 5) is 0. The van der Waals surface area contributed by atoms with Crippen molar-refractivity contribution in [1.82, 2.24) is 4.57 Å². The van der Waals surface area contributed by atoms with Gasteiger partial charge in [0.05, 0.1) is 16.7 Å². The topological polar surface area (TPSA) is 4.93 Å². The van der Waals surface area contributed by atoms with Gasteiger partial charge in [-0.3, -0.25) is 0 Å². The second kappa shape index (κ2) is 12.0. The summed E-state index contributed by atoms with van der Waals surface area (Å²) in [5, 5.41) is 7.53. The van der Waals surface area contributed by atoms with Gasteiger partial charge >= 0.3 is 0 Å². The third-order valence-corrected chi connectivity index (χ3v) is 10.4. The fraction of sp³-hybridized carbons (Fsp3) is 0. The second-order valence-electron chi connectivity index (χ2n) is 13.3. The zero-order chi connectivity index (χ0) is 33.7. The summed E-state index contributed by atoms with van der Waals surface area (Å²) in [7, 11) is 0. The molecule has 10 rings (SSSR count). The molecule has 1 heterocycles. The Morgan fingerprint density at radius 1 is 0.235 bits per heavy atom. The van der Waals surface area contributed by atoms with E-state index in [2.05, 4.69) is 205 Å². The quantitative estimate of drug-likeness (QED) is 0.164. The van der Waals surface area contributed by atoms with Crippen molar-refractivity contribution < 1.29 is 0 Å². The Morgan fingerprint density at radius 2 is 0.608 bits per heavy atom. The maximum Gasteiger partial charge on any atom is 0.0546 e. The summed E-state index contributed by atoms with van der Waals surface area (Å²) in [6, 6.07) is 73.0. The van der Waals surface area contributed by atoms with Crippen LogP contribution in [0.5, 0.6) is 0 Å². The van der Waals surface area contributed by atoms with E-state index in [1.165, 1.54) is 93.5 Å². The molecule has 0 aliphatic heterocycles. The number of aromatic nitrogens is 1. The molecule has 1 aromatic heterocycles. The molecule has 1 nitrogen and oxygen atoms in total. The second-order valence-corrected chi connectivity index (χ2v) is 13.3. The Labute approximate surface area is 297 Å². The van der Waals surface area contributed by atoms with Crippen LogP contribution in [-0.4, -0.2) is 4.57 Å². The molecule has 0 radical (unpaired) electrons. The fourth-order valence-corrected chi connectivity index (χ4v) is 7.83. The van der Waals surface area contributed by atoms with Crippen molar-refractivity contribution in [3.8, 4) is 50.2 Å². The summed E-state index contributed by atoms with van der Waals surface area (Å²) < 4.78 is 2.48. The maximum absolute atomic E-state index is 2.48. The van der Waals surface area contributed by atoms with E-state index in [9.17, 15) is 0 Å². The van der Waals surface area contributed by atoms with Gasteiger partial charge in [-0.15, -0.1) is 0 Å². The van der Waals surface area contributed by atoms with Crippen LogP contribution in [0.4, 0.5) is 0 Å². The Morgan fingerprint density at radius 3 is 1.12 bits per heavy atom. The predicted octanol–water partition coefficient (Wildman–Crippen LogP) is 13.8. The number of rotatable bonds is 5. The summed E-state index contributed by atoms with van der Waals surface area (Å²) in [5.74, 6) is 0. The molecule has 0 fully saturated rings. The lowest BCUT2D eigenvalue weighted by Gasteiger charge is -2.14. The van der Waals surface area contributed by atoms with E-state index in [1.54, 1.807) is 0 Å². The van der Waals surface area contributed by atoms with E-state index >= 15 is 0 Å². The average Bonchev–Trinajstić information content (AvgIpc) is 3.54. The summed E-state index contributed by atoms with van der Waals surface area (Å²) in [6.45, 7) is 0. The number of fused-ring (bicyclic) bond motifs is 6. The summed E-state index contributed by atoms with van der Waals surface area (Å²) in [6.07, 6.45) is 0. The standard InChI is InChI=1S/C50H33N/c1-3-11-34(12-4-1)36-19-23-38(24-20-36)40-27-29-48-46(31-40)47-32-41(39-25-21-37(22-26-39)35-13-5-2-6-14-35)28-30-49(47)51(48)50-33-42-15-7-8-16-43(42)44-17-9-10-18-45(44)50/h1-33H. The van der Waals surface area contributed by atoms with Gasteiger partial charge in [0.25, 0.3) is 0 Å². The van der Waals surface area contributed by atoms with Crippen LogP contribution >= 0.6 is 0 Å². The molecule has 0 saturated carbocycles. The Bertz CT molecular complexity index is 2720. The molecule has 0 aliphatic rings. The first kappa shape index (κ1) is 29.2. The molecular formula is C50H33N. The van der Waals surface area contributed by atoms with Gasteiger partial charge < -0.3 is 4.57 Å². The Balaban J connectivity index is 1.18. The molecule has 10 aromatic rings. The van der Waals surface area contributed by atoms with Gasteiger partial charge in [-0.1, -0.05) is 170 Å². The molecule has 0 saturated heterocycles. The van der Waals surface area contributed by atoms with Gasteiger partial charge in [-0.25, -0.2) is 0 Å². The minimum absolute atomic E-state index is 1.20. The van der Waals surface area contributed by atoms with Gasteiger partial charge in [0.15, 0.2) is 0 Å². The lowest BCUT2D eigenvalue weighted by molar-refractivity contribution is 1.20. The van der Waals surface area contributed by atoms with Crippen LogP contribution < -0.4 is 0 Å². The van der Waals surface area contributed by atoms with Crippen molar-refractivity contribution in [2.45, 2.75) is 0 Å². The van der Waals surface area contributed by atoms with Crippen molar-refractivity contribution in [2.24, 2.45) is 0 Å². The third kappa shape index (κ3) is 5.02. The van der Waals surface area contributed by atoms with Crippen molar-refractivity contribution >= 4 is 43.4 Å². The van der Waals surface area contributed by atoms with Crippen molar-refractivity contribution in [3.63, 3.8) is 0 Å². The molecule has 0 amide bonds. The molecule has 51 heavy (non-hydrogen) atoms. The highest BCUT2D eigenvalue weighted by Gasteiger charge is 2.17. The van der Waals surface area contributed by atoms with Crippen molar-refractivity contribution in [2.75, 3.05) is 0 Å². The molecule has 238 valence electrons. The molecular weight excluding hydrogens is 615 g/mol. The largest absolute Gasteiger partial charge is 0.309 e. The van der Waals surface area contributed by atoms with Gasteiger partial charge in [-0.2, -0.15) is 0 Å². The van der Waals surface area contributed by atoms with Crippen molar-refractivity contribution in [1.29, 1.82) is 0 Å². The van der Waals surface area contributed by atoms with Gasteiger partial charge in [0.1, 0.15) is 0 Å². The lowest BCUT2D eigenvalue weighted by atomic mass is 9.97. The first-order chi connectivity index (χ1) is 25.3. The minimum Gasteiger partial charge on any atom is -0.309 e. The molecule has 1 heteroatoms. The molecule has 0 unspecified atom stereocenters. The lowest BCUT2D eigenvalue weighted by Crippen LogP contribution is -1.96. The van der Waals surface area contributed by atoms with Gasteiger partial charge in [0, 0.05) is 16.2 Å². The van der Waals surface area contributed by atoms with E-state index in [4.69, 9.17) is 0 Å². The number of hydrogen-bond donors (Lipinski definition) is 0. The van der Waals surface area contributed by atoms with Gasteiger partial charge in [-0.05, 0) is 91.0 Å². The highest BCUT2D eigenvalue weighted by molar-refractivity contribution is 6.16. The van der Waals surface area contributed by atoms with E-state index in [0.29, 0.717) is 0 Å². The summed E-state index contributed by atoms with van der Waals surface area (Å²) >= 11 is 0. The Kier molecular flexibility index (Phi) is 6.89. The zero-order valence-electron chi connectivity index (χ0n) is 28.0. The first-order valence-electron chi connectivity index (χ1n) is 17.6. The monoisotopic (exact) mass is 647 g/mol. The van der Waals surface area contributed by atoms with Crippen LogP contribution in [0.3, 0.4) is 0 Å². The zero-order valence-corrected chi connectivity index (χ0v) is 28.0. The molecule has 0 atom stereocenters. The maximum atomic E-state index is 2.48. The van der Waals surface area contributed by atoms with Crippen molar-refractivity contribution in [3.05, 3.63) is 200 Å². The molecule has 9 aromatic carbocycles. The molecule has 0 aliphatic carbocycles. The minimum atomic E-state index is 1.20. The Hall–Kier alpha value is -6.70. The van der Waals surface area contributed by atoms with E-state index in [-0.39, 0.29) is 0 Å². The van der Waals surface area contributed by atoms with E-state index in [0.717, 1.165) is 0 Å². The molecule has 0 N–H and O–H groups in total. The van der Waals surface area contributed by atoms with Gasteiger partial charge in [0.2, 0.25) is 0 Å². The number of nitrogens with zero attached hydrogens (tertiary/aromatic N) is 1. The average molecular weight is 648 g/mol. The van der Waals surface area contributed by atoms with Crippen LogP contribution in [0.15, 0.2) is 200 Å². The normalized spacial score (nSPS) is 11.5. The predicted molar refractivity (Wildman–Crippen MR) is 218 cm³/mol. The number of benzene rings is 9. The van der Waals surface area contributed by atoms with Crippen LogP contribution in [-0.2, 0) is 0 Å². The summed E-state index contributed by atoms with van der Waals surface area (Å²) in [5.41, 5.74) is 13.4. The van der Waals surface area contributed by atoms with Crippen LogP contribution in [0, 0.1) is 0 Å². The highest BCUT2D eigenvalue weighted by atomic mass is 15.0. The first-order valence-corrected chi connectivity index (χ1v) is 17.6.